The van der Waals surface area contributed by atoms with Crippen molar-refractivity contribution >= 4 is 11.8 Å². The molecular formula is C9H19NS. The van der Waals surface area contributed by atoms with Gasteiger partial charge in [-0.3, -0.25) is 0 Å². The Morgan fingerprint density at radius 3 is 2.91 bits per heavy atom. The molecule has 0 amide bonds. The first-order valence-electron chi connectivity index (χ1n) is 4.14. The van der Waals surface area contributed by atoms with E-state index < -0.39 is 0 Å². The van der Waals surface area contributed by atoms with Crippen molar-refractivity contribution in [1.29, 1.82) is 0 Å². The summed E-state index contributed by atoms with van der Waals surface area (Å²) in [6.45, 7) is 7.03. The maximum Gasteiger partial charge on any atom is 0.00731 e. The summed E-state index contributed by atoms with van der Waals surface area (Å²) < 4.78 is 0. The van der Waals surface area contributed by atoms with Crippen molar-refractivity contribution < 1.29 is 0 Å². The van der Waals surface area contributed by atoms with E-state index >= 15 is 0 Å². The number of hydrogen-bond donors (Lipinski definition) is 1. The van der Waals surface area contributed by atoms with Gasteiger partial charge in [-0.25, -0.2) is 0 Å². The fraction of sp³-hybridized carbons (Fsp3) is 0.778. The van der Waals surface area contributed by atoms with E-state index in [2.05, 4.69) is 25.1 Å². The first-order chi connectivity index (χ1) is 5.31. The predicted octanol–water partition coefficient (Wildman–Crippen LogP) is 2.29. The van der Waals surface area contributed by atoms with Gasteiger partial charge in [0, 0.05) is 6.04 Å². The molecule has 11 heavy (non-hydrogen) atoms. The lowest BCUT2D eigenvalue weighted by Gasteiger charge is -2.10. The van der Waals surface area contributed by atoms with Crippen molar-refractivity contribution in [3.63, 3.8) is 0 Å². The lowest BCUT2D eigenvalue weighted by molar-refractivity contribution is 0.553. The van der Waals surface area contributed by atoms with Gasteiger partial charge in [0.1, 0.15) is 0 Å². The quantitative estimate of drug-likeness (QED) is 0.468. The molecular weight excluding hydrogens is 154 g/mol. The van der Waals surface area contributed by atoms with E-state index in [4.69, 9.17) is 0 Å². The third-order valence-electron chi connectivity index (χ3n) is 1.54. The molecule has 0 saturated heterocycles. The zero-order valence-corrected chi connectivity index (χ0v) is 8.41. The van der Waals surface area contributed by atoms with Gasteiger partial charge in [-0.05, 0) is 38.3 Å². The second-order valence-electron chi connectivity index (χ2n) is 2.73. The molecule has 0 heterocycles. The maximum absolute atomic E-state index is 3.70. The van der Waals surface area contributed by atoms with Gasteiger partial charge in [0.2, 0.25) is 0 Å². The van der Waals surface area contributed by atoms with Crippen LogP contribution in [0, 0.1) is 0 Å². The number of thioether (sulfide) groups is 1. The number of rotatable bonds is 7. The minimum atomic E-state index is 0.592. The molecule has 0 aromatic heterocycles. The van der Waals surface area contributed by atoms with Crippen LogP contribution < -0.4 is 5.32 Å². The highest BCUT2D eigenvalue weighted by Gasteiger charge is 1.95. The average molecular weight is 173 g/mol. The van der Waals surface area contributed by atoms with Crippen LogP contribution in [-0.2, 0) is 0 Å². The monoisotopic (exact) mass is 173 g/mol. The molecule has 0 aliphatic rings. The molecule has 0 aromatic rings. The lowest BCUT2D eigenvalue weighted by Crippen LogP contribution is -2.26. The van der Waals surface area contributed by atoms with Crippen molar-refractivity contribution in [2.75, 3.05) is 18.6 Å². The molecule has 66 valence electrons. The molecule has 0 rings (SSSR count). The van der Waals surface area contributed by atoms with Crippen molar-refractivity contribution in [1.82, 2.24) is 5.32 Å². The van der Waals surface area contributed by atoms with Crippen LogP contribution in [0.5, 0.6) is 0 Å². The Balaban J connectivity index is 3.03. The average Bonchev–Trinajstić information content (AvgIpc) is 1.99. The van der Waals surface area contributed by atoms with Crippen molar-refractivity contribution in [2.24, 2.45) is 0 Å². The largest absolute Gasteiger partial charge is 0.314 e. The van der Waals surface area contributed by atoms with Gasteiger partial charge in [-0.1, -0.05) is 6.08 Å². The van der Waals surface area contributed by atoms with Crippen LogP contribution >= 0.6 is 11.8 Å². The Kier molecular flexibility index (Phi) is 8.19. The first kappa shape index (κ1) is 11.1. The van der Waals surface area contributed by atoms with Gasteiger partial charge in [0.25, 0.3) is 0 Å². The summed E-state index contributed by atoms with van der Waals surface area (Å²) in [4.78, 5) is 0. The third-order valence-corrected chi connectivity index (χ3v) is 2.24. The van der Waals surface area contributed by atoms with Gasteiger partial charge in [-0.15, -0.1) is 6.58 Å². The highest BCUT2D eigenvalue weighted by atomic mass is 32.2. The molecule has 0 spiro atoms. The van der Waals surface area contributed by atoms with E-state index in [0.29, 0.717) is 6.04 Å². The highest BCUT2D eigenvalue weighted by molar-refractivity contribution is 7.98. The van der Waals surface area contributed by atoms with E-state index in [1.54, 1.807) is 0 Å². The summed E-state index contributed by atoms with van der Waals surface area (Å²) in [5.41, 5.74) is 0. The Bertz CT molecular complexity index is 93.6. The van der Waals surface area contributed by atoms with Crippen LogP contribution in [-0.4, -0.2) is 24.6 Å². The topological polar surface area (TPSA) is 12.0 Å². The second-order valence-corrected chi connectivity index (χ2v) is 3.71. The summed E-state index contributed by atoms with van der Waals surface area (Å²) in [6.07, 6.45) is 6.45. The number of nitrogens with one attached hydrogen (secondary N) is 1. The maximum atomic E-state index is 3.70. The normalized spacial score (nSPS) is 12.9. The molecule has 0 radical (unpaired) electrons. The van der Waals surface area contributed by atoms with Gasteiger partial charge >= 0.3 is 0 Å². The minimum absolute atomic E-state index is 0.592. The Morgan fingerprint density at radius 2 is 2.36 bits per heavy atom. The molecule has 0 aromatic carbocycles. The van der Waals surface area contributed by atoms with Crippen LogP contribution in [0.2, 0.25) is 0 Å². The Hall–Kier alpha value is 0.0500. The molecule has 1 nitrogen and oxygen atoms in total. The molecule has 1 unspecified atom stereocenters. The third kappa shape index (κ3) is 7.95. The molecule has 0 aliphatic carbocycles. The van der Waals surface area contributed by atoms with Gasteiger partial charge in [0.15, 0.2) is 0 Å². The molecule has 0 saturated carbocycles. The van der Waals surface area contributed by atoms with Crippen LogP contribution in [0.4, 0.5) is 0 Å². The van der Waals surface area contributed by atoms with Crippen LogP contribution in [0.15, 0.2) is 12.7 Å². The summed E-state index contributed by atoms with van der Waals surface area (Å²) in [7, 11) is 0. The van der Waals surface area contributed by atoms with Crippen LogP contribution in [0.25, 0.3) is 0 Å². The SMILES string of the molecule is C=CCC(C)NCCCSC. The summed E-state index contributed by atoms with van der Waals surface area (Å²) in [6, 6.07) is 0.592. The Morgan fingerprint density at radius 1 is 1.64 bits per heavy atom. The van der Waals surface area contributed by atoms with E-state index in [9.17, 15) is 0 Å². The summed E-state index contributed by atoms with van der Waals surface area (Å²) in [5, 5.41) is 3.43. The standard InChI is InChI=1S/C9H19NS/c1-4-6-9(2)10-7-5-8-11-3/h4,9-10H,1,5-8H2,2-3H3. The van der Waals surface area contributed by atoms with Gasteiger partial charge in [0.05, 0.1) is 0 Å². The predicted molar refractivity (Wildman–Crippen MR) is 55.3 cm³/mol. The minimum Gasteiger partial charge on any atom is -0.314 e. The van der Waals surface area contributed by atoms with E-state index in [1.807, 2.05) is 17.8 Å². The zero-order valence-electron chi connectivity index (χ0n) is 7.60. The zero-order chi connectivity index (χ0) is 8.53. The molecule has 1 N–H and O–H groups in total. The van der Waals surface area contributed by atoms with Crippen molar-refractivity contribution in [3.8, 4) is 0 Å². The highest BCUT2D eigenvalue weighted by Crippen LogP contribution is 1.95. The molecule has 2 heteroatoms. The van der Waals surface area contributed by atoms with E-state index in [-0.39, 0.29) is 0 Å². The van der Waals surface area contributed by atoms with Crippen molar-refractivity contribution in [2.45, 2.75) is 25.8 Å². The fourth-order valence-electron chi connectivity index (χ4n) is 0.898. The van der Waals surface area contributed by atoms with Crippen LogP contribution in [0.1, 0.15) is 19.8 Å². The van der Waals surface area contributed by atoms with Gasteiger partial charge < -0.3 is 5.32 Å². The first-order valence-corrected chi connectivity index (χ1v) is 5.54. The van der Waals surface area contributed by atoms with E-state index in [1.165, 1.54) is 12.2 Å². The summed E-state index contributed by atoms with van der Waals surface area (Å²) >= 11 is 1.91. The smallest absolute Gasteiger partial charge is 0.00731 e. The second kappa shape index (κ2) is 8.15. The van der Waals surface area contributed by atoms with E-state index in [0.717, 1.165) is 13.0 Å². The molecule has 0 bridgehead atoms. The number of hydrogen-bond acceptors (Lipinski definition) is 2. The molecule has 0 aliphatic heterocycles. The molecule has 1 atom stereocenters. The molecule has 0 fully saturated rings. The Labute approximate surface area is 74.6 Å². The van der Waals surface area contributed by atoms with Crippen LogP contribution in [0.3, 0.4) is 0 Å². The lowest BCUT2D eigenvalue weighted by atomic mass is 10.2. The fourth-order valence-corrected chi connectivity index (χ4v) is 1.33. The van der Waals surface area contributed by atoms with Gasteiger partial charge in [-0.2, -0.15) is 11.8 Å². The summed E-state index contributed by atoms with van der Waals surface area (Å²) in [5.74, 6) is 1.26. The van der Waals surface area contributed by atoms with Crippen molar-refractivity contribution in [3.05, 3.63) is 12.7 Å².